The van der Waals surface area contributed by atoms with Gasteiger partial charge in [-0.25, -0.2) is 22.4 Å². The minimum atomic E-state index is -2.16. The lowest BCUT2D eigenvalue weighted by molar-refractivity contribution is 0.0689. The van der Waals surface area contributed by atoms with Crippen LogP contribution in [0, 0.1) is 23.3 Å². The molecule has 3 aliphatic rings. The van der Waals surface area contributed by atoms with Gasteiger partial charge in [-0.3, -0.25) is 0 Å². The van der Waals surface area contributed by atoms with Crippen LogP contribution in [0.3, 0.4) is 0 Å². The first-order chi connectivity index (χ1) is 17.8. The van der Waals surface area contributed by atoms with E-state index in [0.29, 0.717) is 11.5 Å². The molecule has 1 aliphatic carbocycles. The zero-order chi connectivity index (χ0) is 25.8. The molecule has 1 saturated heterocycles. The fourth-order valence-corrected chi connectivity index (χ4v) is 5.70. The Balaban J connectivity index is 1.69. The molecular formula is C29H23F4NO3. The lowest BCUT2D eigenvalue weighted by Crippen LogP contribution is -2.24. The van der Waals surface area contributed by atoms with E-state index in [1.54, 1.807) is 30.3 Å². The zero-order valence-corrected chi connectivity index (χ0v) is 19.8. The van der Waals surface area contributed by atoms with Crippen molar-refractivity contribution in [2.24, 2.45) is 0 Å². The Morgan fingerprint density at radius 3 is 2.22 bits per heavy atom. The summed E-state index contributed by atoms with van der Waals surface area (Å²) < 4.78 is 65.0. The number of hydrogen-bond acceptors (Lipinski definition) is 3. The van der Waals surface area contributed by atoms with Crippen LogP contribution in [-0.4, -0.2) is 24.2 Å². The standard InChI is InChI=1S/C29H23F4NO3/c30-25-23(24(29(35)36)26(31)28(33)27(25)32)22-18-9-7-16(15-5-1-2-6-15)13-20(18)37-21-14-17(8-10-19(21)22)34-11-3-4-12-34/h7-10,13-14H,1-6,11-12H2,(H,35,36). The van der Waals surface area contributed by atoms with Gasteiger partial charge in [0.05, 0.1) is 0 Å². The first-order valence-corrected chi connectivity index (χ1v) is 12.4. The Kier molecular flexibility index (Phi) is 5.70. The van der Waals surface area contributed by atoms with E-state index < -0.39 is 40.4 Å². The molecule has 2 fully saturated rings. The summed E-state index contributed by atoms with van der Waals surface area (Å²) in [4.78, 5) is 14.2. The highest BCUT2D eigenvalue weighted by Gasteiger charge is 2.34. The summed E-state index contributed by atoms with van der Waals surface area (Å²) in [5.74, 6) is -9.21. The molecule has 8 heteroatoms. The third-order valence-electron chi connectivity index (χ3n) is 7.52. The highest BCUT2D eigenvalue weighted by molar-refractivity contribution is 5.99. The van der Waals surface area contributed by atoms with Crippen molar-refractivity contribution in [3.63, 3.8) is 0 Å². The maximum atomic E-state index is 15.4. The average molecular weight is 509 g/mol. The van der Waals surface area contributed by atoms with Crippen LogP contribution >= 0.6 is 0 Å². The highest BCUT2D eigenvalue weighted by Crippen LogP contribution is 2.41. The van der Waals surface area contributed by atoms with E-state index in [-0.39, 0.29) is 16.4 Å². The molecule has 0 aromatic heterocycles. The lowest BCUT2D eigenvalue weighted by atomic mass is 9.88. The topological polar surface area (TPSA) is 49.8 Å². The van der Waals surface area contributed by atoms with Crippen molar-refractivity contribution in [1.82, 2.24) is 0 Å². The van der Waals surface area contributed by atoms with Gasteiger partial charge in [-0.05, 0) is 68.0 Å². The molecule has 6 rings (SSSR count). The molecule has 0 spiro atoms. The molecule has 0 radical (unpaired) electrons. The number of rotatable bonds is 3. The van der Waals surface area contributed by atoms with Gasteiger partial charge >= 0.3 is 5.97 Å². The summed E-state index contributed by atoms with van der Waals surface area (Å²) in [5.41, 5.74) is 0.230. The summed E-state index contributed by atoms with van der Waals surface area (Å²) in [6.07, 6.45) is 6.12. The molecule has 0 atom stereocenters. The molecule has 0 amide bonds. The second-order valence-corrected chi connectivity index (χ2v) is 9.68. The number of anilines is 1. The third-order valence-corrected chi connectivity index (χ3v) is 7.52. The van der Waals surface area contributed by atoms with Crippen molar-refractivity contribution in [2.45, 2.75) is 38.5 Å². The predicted molar refractivity (Wildman–Crippen MR) is 130 cm³/mol. The molecular weight excluding hydrogens is 486 g/mol. The van der Waals surface area contributed by atoms with Gasteiger partial charge in [0, 0.05) is 46.8 Å². The van der Waals surface area contributed by atoms with Crippen LogP contribution in [0.15, 0.2) is 36.4 Å². The number of carbonyl (C=O) groups is 1. The number of carboxylic acid groups (broad SMARTS) is 1. The molecule has 1 saturated carbocycles. The van der Waals surface area contributed by atoms with Gasteiger partial charge in [0.25, 0.3) is 0 Å². The Morgan fingerprint density at radius 2 is 1.51 bits per heavy atom. The number of nitrogens with zero attached hydrogens (tertiary/aromatic N) is 1. The van der Waals surface area contributed by atoms with Gasteiger partial charge < -0.3 is 14.7 Å². The lowest BCUT2D eigenvalue weighted by Gasteiger charge is -2.25. The van der Waals surface area contributed by atoms with Crippen molar-refractivity contribution >= 4 is 22.8 Å². The monoisotopic (exact) mass is 509 g/mol. The number of aromatic carboxylic acids is 1. The van der Waals surface area contributed by atoms with Crippen LogP contribution in [0.25, 0.3) is 11.1 Å². The molecule has 0 bridgehead atoms. The number of hydrogen-bond donors (Lipinski definition) is 1. The van der Waals surface area contributed by atoms with Crippen molar-refractivity contribution in [2.75, 3.05) is 18.0 Å². The molecule has 3 aromatic rings. The van der Waals surface area contributed by atoms with E-state index in [9.17, 15) is 23.1 Å². The molecule has 190 valence electrons. The summed E-state index contributed by atoms with van der Waals surface area (Å²) in [6.45, 7) is 1.72. The fraction of sp³-hybridized carbons (Fsp3) is 0.276. The summed E-state index contributed by atoms with van der Waals surface area (Å²) >= 11 is 0. The number of carboxylic acids is 1. The minimum absolute atomic E-state index is 0.0557. The fourth-order valence-electron chi connectivity index (χ4n) is 5.70. The Morgan fingerprint density at radius 1 is 0.811 bits per heavy atom. The van der Waals surface area contributed by atoms with E-state index in [1.807, 2.05) is 6.07 Å². The van der Waals surface area contributed by atoms with Crippen LogP contribution < -0.4 is 20.1 Å². The highest BCUT2D eigenvalue weighted by atomic mass is 19.2. The Hall–Kier alpha value is -3.81. The number of benzene rings is 3. The van der Waals surface area contributed by atoms with E-state index in [0.717, 1.165) is 62.5 Å². The molecule has 2 aliphatic heterocycles. The van der Waals surface area contributed by atoms with Crippen LogP contribution in [-0.2, 0) is 0 Å². The smallest absolute Gasteiger partial charge is 0.339 e. The average Bonchev–Trinajstić information content (AvgIpc) is 3.62. The second kappa shape index (κ2) is 8.94. The molecule has 2 heterocycles. The van der Waals surface area contributed by atoms with Crippen molar-refractivity contribution < 1.29 is 32.2 Å². The SMILES string of the molecule is O=C(O)c1c(F)c(F)c(F)c(F)c1C1=c2ccc(=C3CCCC3)cc2Oc2cc(N3CCCC3)ccc21. The van der Waals surface area contributed by atoms with Gasteiger partial charge in [-0.15, -0.1) is 0 Å². The van der Waals surface area contributed by atoms with Gasteiger partial charge in [-0.1, -0.05) is 11.6 Å². The van der Waals surface area contributed by atoms with Gasteiger partial charge in [0.2, 0.25) is 0 Å². The molecule has 4 nitrogen and oxygen atoms in total. The first kappa shape index (κ1) is 23.6. The largest absolute Gasteiger partial charge is 0.478 e. The van der Waals surface area contributed by atoms with E-state index in [2.05, 4.69) is 4.90 Å². The van der Waals surface area contributed by atoms with Crippen LogP contribution in [0.1, 0.15) is 60.0 Å². The van der Waals surface area contributed by atoms with Gasteiger partial charge in [-0.2, -0.15) is 0 Å². The number of ether oxygens (including phenoxy) is 1. The quantitative estimate of drug-likeness (QED) is 0.221. The Bertz CT molecular complexity index is 1580. The van der Waals surface area contributed by atoms with E-state index in [4.69, 9.17) is 4.74 Å². The maximum absolute atomic E-state index is 15.4. The summed E-state index contributed by atoms with van der Waals surface area (Å²) in [5, 5.41) is 11.0. The molecule has 0 unspecified atom stereocenters. The molecule has 3 aromatic carbocycles. The van der Waals surface area contributed by atoms with E-state index >= 15 is 4.39 Å². The normalized spacial score (nSPS) is 16.6. The van der Waals surface area contributed by atoms with Crippen LogP contribution in [0.4, 0.5) is 23.2 Å². The molecule has 1 N–H and O–H groups in total. The van der Waals surface area contributed by atoms with Crippen LogP contribution in [0.5, 0.6) is 11.5 Å². The molecule has 37 heavy (non-hydrogen) atoms. The van der Waals surface area contributed by atoms with Crippen molar-refractivity contribution in [3.05, 3.63) is 86.8 Å². The maximum Gasteiger partial charge on any atom is 0.339 e. The Labute approximate surface area is 210 Å². The summed E-state index contributed by atoms with van der Waals surface area (Å²) in [6, 6.07) is 10.5. The van der Waals surface area contributed by atoms with Crippen molar-refractivity contribution in [3.8, 4) is 11.5 Å². The van der Waals surface area contributed by atoms with Crippen molar-refractivity contribution in [1.29, 1.82) is 0 Å². The summed E-state index contributed by atoms with van der Waals surface area (Å²) in [7, 11) is 0. The van der Waals surface area contributed by atoms with Gasteiger partial charge in [0.1, 0.15) is 17.1 Å². The predicted octanol–water partition coefficient (Wildman–Crippen LogP) is 5.62. The third kappa shape index (κ3) is 3.77. The number of fused-ring (bicyclic) bond motifs is 2. The van der Waals surface area contributed by atoms with Gasteiger partial charge in [0.15, 0.2) is 23.3 Å². The number of halogens is 4. The van der Waals surface area contributed by atoms with Crippen LogP contribution in [0.2, 0.25) is 0 Å². The second-order valence-electron chi connectivity index (χ2n) is 9.68. The minimum Gasteiger partial charge on any atom is -0.478 e. The first-order valence-electron chi connectivity index (χ1n) is 12.4. The zero-order valence-electron chi connectivity index (χ0n) is 19.8. The van der Waals surface area contributed by atoms with E-state index in [1.165, 1.54) is 5.57 Å².